The van der Waals surface area contributed by atoms with Crippen molar-refractivity contribution in [1.29, 1.82) is 0 Å². The zero-order valence-electron chi connectivity index (χ0n) is 11.4. The van der Waals surface area contributed by atoms with Crippen molar-refractivity contribution < 1.29 is 28.7 Å². The van der Waals surface area contributed by atoms with Gasteiger partial charge in [-0.05, 0) is 20.8 Å². The maximum atomic E-state index is 11.9. The fourth-order valence-electron chi connectivity index (χ4n) is 1.67. The molecule has 0 saturated carbocycles. The van der Waals surface area contributed by atoms with E-state index in [2.05, 4.69) is 4.74 Å². The third kappa shape index (κ3) is 3.77. The van der Waals surface area contributed by atoms with Crippen molar-refractivity contribution in [3.63, 3.8) is 0 Å². The van der Waals surface area contributed by atoms with Crippen LogP contribution >= 0.6 is 0 Å². The van der Waals surface area contributed by atoms with Crippen LogP contribution < -0.4 is 0 Å². The fraction of sp³-hybridized carbons (Fsp3) is 0.667. The Balaban J connectivity index is 2.98. The highest BCUT2D eigenvalue weighted by atomic mass is 16.6. The highest BCUT2D eigenvalue weighted by Crippen LogP contribution is 2.20. The molecule has 0 aromatic heterocycles. The molecule has 1 heterocycles. The van der Waals surface area contributed by atoms with Gasteiger partial charge in [-0.25, -0.2) is 14.5 Å². The fourth-order valence-corrected chi connectivity index (χ4v) is 1.67. The van der Waals surface area contributed by atoms with E-state index in [1.54, 1.807) is 20.8 Å². The molecule has 1 aliphatic rings. The molecule has 0 aliphatic carbocycles. The molecule has 1 rings (SSSR count). The number of Topliss-reactive ketones (excluding diaryl/α,β-unsaturated/α-hetero) is 1. The van der Waals surface area contributed by atoms with Gasteiger partial charge in [0.25, 0.3) is 0 Å². The van der Waals surface area contributed by atoms with Crippen molar-refractivity contribution in [3.05, 3.63) is 0 Å². The Morgan fingerprint density at radius 1 is 1.26 bits per heavy atom. The van der Waals surface area contributed by atoms with Crippen LogP contribution in [-0.4, -0.2) is 47.4 Å². The molecule has 1 fully saturated rings. The van der Waals surface area contributed by atoms with Crippen molar-refractivity contribution in [2.75, 3.05) is 7.11 Å². The molecule has 1 unspecified atom stereocenters. The first kappa shape index (κ1) is 15.1. The average molecular weight is 271 g/mol. The molecule has 2 amide bonds. The molecule has 0 bridgehead atoms. The molecule has 106 valence electrons. The molecule has 0 radical (unpaired) electrons. The van der Waals surface area contributed by atoms with Crippen LogP contribution in [0, 0.1) is 0 Å². The molecule has 1 saturated heterocycles. The summed E-state index contributed by atoms with van der Waals surface area (Å²) in [5.74, 6) is -1.96. The molecule has 7 nitrogen and oxygen atoms in total. The number of carbonyl (C=O) groups excluding carboxylic acids is 4. The second kappa shape index (κ2) is 5.38. The summed E-state index contributed by atoms with van der Waals surface area (Å²) in [6.45, 7) is 4.91. The van der Waals surface area contributed by atoms with Gasteiger partial charge in [-0.15, -0.1) is 0 Å². The molecule has 1 atom stereocenters. The summed E-state index contributed by atoms with van der Waals surface area (Å²) in [4.78, 5) is 47.3. The number of nitrogens with zero attached hydrogens (tertiary/aromatic N) is 1. The molecule has 1 aliphatic heterocycles. The predicted octanol–water partition coefficient (Wildman–Crippen LogP) is 0.655. The Bertz CT molecular complexity index is 422. The summed E-state index contributed by atoms with van der Waals surface area (Å²) in [5, 5.41) is 0. The lowest BCUT2D eigenvalue weighted by Crippen LogP contribution is -2.55. The summed E-state index contributed by atoms with van der Waals surface area (Å²) >= 11 is 0. The number of likely N-dealkylation sites (tertiary alicyclic amines) is 1. The minimum atomic E-state index is -1.24. The topological polar surface area (TPSA) is 90.0 Å². The lowest BCUT2D eigenvalue weighted by Gasteiger charge is -2.32. The number of hydrogen-bond acceptors (Lipinski definition) is 6. The standard InChI is InChI=1S/C12H17NO6/c1-12(2,3)19-11(17)13-8(10(16)18-4)5-7(14)6-9(13)15/h8H,5-6H2,1-4H3. The van der Waals surface area contributed by atoms with E-state index in [0.717, 1.165) is 7.11 Å². The first-order valence-electron chi connectivity index (χ1n) is 5.80. The molecule has 0 spiro atoms. The Morgan fingerprint density at radius 2 is 1.84 bits per heavy atom. The zero-order chi connectivity index (χ0) is 14.8. The summed E-state index contributed by atoms with van der Waals surface area (Å²) in [6.07, 6.45) is -1.59. The number of rotatable bonds is 1. The summed E-state index contributed by atoms with van der Waals surface area (Å²) in [7, 11) is 1.12. The molecule has 0 aromatic rings. The van der Waals surface area contributed by atoms with Gasteiger partial charge in [0.1, 0.15) is 17.4 Å². The molecule has 7 heteroatoms. The van der Waals surface area contributed by atoms with E-state index >= 15 is 0 Å². The second-order valence-electron chi connectivity index (χ2n) is 5.20. The number of ether oxygens (including phenoxy) is 2. The van der Waals surface area contributed by atoms with E-state index in [1.165, 1.54) is 0 Å². The quantitative estimate of drug-likeness (QED) is 0.514. The van der Waals surface area contributed by atoms with Crippen LogP contribution in [-0.2, 0) is 23.9 Å². The smallest absolute Gasteiger partial charge is 0.417 e. The number of esters is 1. The lowest BCUT2D eigenvalue weighted by atomic mass is 10.0. The molecule has 0 N–H and O–H groups in total. The highest BCUT2D eigenvalue weighted by molar-refractivity contribution is 6.09. The van der Waals surface area contributed by atoms with Crippen LogP contribution in [0.25, 0.3) is 0 Å². The summed E-state index contributed by atoms with van der Waals surface area (Å²) in [6, 6.07) is -1.24. The van der Waals surface area contributed by atoms with Gasteiger partial charge < -0.3 is 9.47 Å². The van der Waals surface area contributed by atoms with Gasteiger partial charge in [0.2, 0.25) is 5.91 Å². The maximum absolute atomic E-state index is 11.9. The van der Waals surface area contributed by atoms with E-state index in [4.69, 9.17) is 4.74 Å². The predicted molar refractivity (Wildman–Crippen MR) is 63.1 cm³/mol. The van der Waals surface area contributed by atoms with Crippen molar-refractivity contribution in [1.82, 2.24) is 4.90 Å². The Kier molecular flexibility index (Phi) is 4.28. The van der Waals surface area contributed by atoms with Crippen LogP contribution in [0.15, 0.2) is 0 Å². The van der Waals surface area contributed by atoms with Crippen molar-refractivity contribution >= 4 is 23.8 Å². The van der Waals surface area contributed by atoms with Crippen LogP contribution in [0.5, 0.6) is 0 Å². The third-order valence-corrected chi connectivity index (χ3v) is 2.41. The Hall–Kier alpha value is -1.92. The first-order valence-corrected chi connectivity index (χ1v) is 5.80. The first-order chi connectivity index (χ1) is 8.65. The van der Waals surface area contributed by atoms with Gasteiger partial charge >= 0.3 is 12.1 Å². The number of methoxy groups -OCH3 is 1. The summed E-state index contributed by atoms with van der Waals surface area (Å²) in [5.41, 5.74) is -0.806. The monoisotopic (exact) mass is 271 g/mol. The van der Waals surface area contributed by atoms with Gasteiger partial charge in [0.05, 0.1) is 13.5 Å². The number of carbonyl (C=O) groups is 4. The van der Waals surface area contributed by atoms with Crippen LogP contribution in [0.3, 0.4) is 0 Å². The van der Waals surface area contributed by atoms with Gasteiger partial charge in [-0.1, -0.05) is 0 Å². The molecule has 0 aromatic carbocycles. The number of amides is 2. The van der Waals surface area contributed by atoms with E-state index in [1.807, 2.05) is 0 Å². The number of hydrogen-bond donors (Lipinski definition) is 0. The second-order valence-corrected chi connectivity index (χ2v) is 5.20. The minimum absolute atomic E-state index is 0.238. The van der Waals surface area contributed by atoms with Gasteiger partial charge in [0.15, 0.2) is 0 Å². The van der Waals surface area contributed by atoms with Crippen molar-refractivity contribution in [3.8, 4) is 0 Å². The molecular weight excluding hydrogens is 254 g/mol. The van der Waals surface area contributed by atoms with Crippen LogP contribution in [0.1, 0.15) is 33.6 Å². The average Bonchev–Trinajstić information content (AvgIpc) is 2.24. The van der Waals surface area contributed by atoms with Gasteiger partial charge in [0, 0.05) is 6.42 Å². The Morgan fingerprint density at radius 3 is 2.32 bits per heavy atom. The minimum Gasteiger partial charge on any atom is -0.467 e. The Labute approximate surface area is 110 Å². The normalized spacial score (nSPS) is 20.2. The largest absolute Gasteiger partial charge is 0.467 e. The number of piperidine rings is 1. The number of imide groups is 1. The van der Waals surface area contributed by atoms with Crippen LogP contribution in [0.4, 0.5) is 4.79 Å². The van der Waals surface area contributed by atoms with E-state index in [9.17, 15) is 19.2 Å². The SMILES string of the molecule is COC(=O)C1CC(=O)CC(=O)N1C(=O)OC(C)(C)C. The highest BCUT2D eigenvalue weighted by Gasteiger charge is 2.43. The molecular formula is C12H17NO6. The van der Waals surface area contributed by atoms with Gasteiger partial charge in [-0.3, -0.25) is 9.59 Å². The number of ketones is 1. The van der Waals surface area contributed by atoms with Crippen molar-refractivity contribution in [2.45, 2.75) is 45.3 Å². The van der Waals surface area contributed by atoms with Crippen molar-refractivity contribution in [2.24, 2.45) is 0 Å². The van der Waals surface area contributed by atoms with E-state index < -0.39 is 41.8 Å². The third-order valence-electron chi connectivity index (χ3n) is 2.41. The van der Waals surface area contributed by atoms with Gasteiger partial charge in [-0.2, -0.15) is 0 Å². The summed E-state index contributed by atoms with van der Waals surface area (Å²) < 4.78 is 9.56. The zero-order valence-corrected chi connectivity index (χ0v) is 11.4. The van der Waals surface area contributed by atoms with E-state index in [0.29, 0.717) is 4.90 Å². The lowest BCUT2D eigenvalue weighted by molar-refractivity contribution is -0.157. The molecule has 19 heavy (non-hydrogen) atoms. The van der Waals surface area contributed by atoms with E-state index in [-0.39, 0.29) is 6.42 Å². The maximum Gasteiger partial charge on any atom is 0.417 e. The van der Waals surface area contributed by atoms with Crippen LogP contribution in [0.2, 0.25) is 0 Å².